The number of nitrogens with zero attached hydrogens (tertiary/aromatic N) is 1. The van der Waals surface area contributed by atoms with Crippen LogP contribution in [-0.4, -0.2) is 30.6 Å². The molecule has 1 aliphatic carbocycles. The molecule has 4 nitrogen and oxygen atoms in total. The zero-order chi connectivity index (χ0) is 13.9. The van der Waals surface area contributed by atoms with Gasteiger partial charge in [0.2, 0.25) is 0 Å². The van der Waals surface area contributed by atoms with E-state index in [9.17, 15) is 4.79 Å². The SMILES string of the molecule is COc1cccc(NC(=O)N2CCCC3CCCC32)c1. The number of methoxy groups -OCH3 is 1. The lowest BCUT2D eigenvalue weighted by Crippen LogP contribution is -2.48. The van der Waals surface area contributed by atoms with Gasteiger partial charge in [0.05, 0.1) is 7.11 Å². The summed E-state index contributed by atoms with van der Waals surface area (Å²) in [5, 5.41) is 3.01. The van der Waals surface area contributed by atoms with E-state index >= 15 is 0 Å². The van der Waals surface area contributed by atoms with Crippen LogP contribution < -0.4 is 10.1 Å². The molecule has 1 saturated carbocycles. The van der Waals surface area contributed by atoms with Gasteiger partial charge in [-0.15, -0.1) is 0 Å². The number of rotatable bonds is 2. The first kappa shape index (κ1) is 13.3. The molecule has 1 aromatic rings. The van der Waals surface area contributed by atoms with Crippen LogP contribution in [0.5, 0.6) is 5.75 Å². The summed E-state index contributed by atoms with van der Waals surface area (Å²) in [5.74, 6) is 1.49. The van der Waals surface area contributed by atoms with Crippen molar-refractivity contribution in [3.8, 4) is 5.75 Å². The highest BCUT2D eigenvalue weighted by molar-refractivity contribution is 5.89. The maximum Gasteiger partial charge on any atom is 0.322 e. The molecule has 2 fully saturated rings. The van der Waals surface area contributed by atoms with E-state index in [1.807, 2.05) is 29.2 Å². The normalized spacial score (nSPS) is 25.1. The Morgan fingerprint density at radius 1 is 1.30 bits per heavy atom. The van der Waals surface area contributed by atoms with Crippen LogP contribution in [-0.2, 0) is 0 Å². The molecular formula is C16H22N2O2. The number of amides is 2. The molecule has 4 heteroatoms. The quantitative estimate of drug-likeness (QED) is 0.897. The highest BCUT2D eigenvalue weighted by Gasteiger charge is 2.37. The van der Waals surface area contributed by atoms with Crippen molar-refractivity contribution in [3.63, 3.8) is 0 Å². The summed E-state index contributed by atoms with van der Waals surface area (Å²) < 4.78 is 5.19. The maximum atomic E-state index is 12.5. The van der Waals surface area contributed by atoms with Gasteiger partial charge in [0, 0.05) is 24.3 Å². The largest absolute Gasteiger partial charge is 0.497 e. The molecule has 2 atom stereocenters. The van der Waals surface area contributed by atoms with Crippen LogP contribution in [0.2, 0.25) is 0 Å². The Balaban J connectivity index is 1.68. The van der Waals surface area contributed by atoms with Crippen molar-refractivity contribution >= 4 is 11.7 Å². The summed E-state index contributed by atoms with van der Waals surface area (Å²) >= 11 is 0. The molecular weight excluding hydrogens is 252 g/mol. The van der Waals surface area contributed by atoms with Gasteiger partial charge in [-0.2, -0.15) is 0 Å². The van der Waals surface area contributed by atoms with Gasteiger partial charge in [0.25, 0.3) is 0 Å². The number of benzene rings is 1. The third-order valence-corrected chi connectivity index (χ3v) is 4.58. The Labute approximate surface area is 120 Å². The zero-order valence-corrected chi connectivity index (χ0v) is 12.0. The minimum atomic E-state index is 0.0369. The number of urea groups is 1. The second-order valence-electron chi connectivity index (χ2n) is 5.76. The third-order valence-electron chi connectivity index (χ3n) is 4.58. The Kier molecular flexibility index (Phi) is 3.81. The second kappa shape index (κ2) is 5.73. The molecule has 108 valence electrons. The molecule has 2 unspecified atom stereocenters. The summed E-state index contributed by atoms with van der Waals surface area (Å²) in [7, 11) is 1.63. The van der Waals surface area contributed by atoms with Crippen molar-refractivity contribution in [1.29, 1.82) is 0 Å². The number of anilines is 1. The first-order valence-corrected chi connectivity index (χ1v) is 7.49. The summed E-state index contributed by atoms with van der Waals surface area (Å²) in [6, 6.07) is 8.01. The van der Waals surface area contributed by atoms with Gasteiger partial charge in [0.15, 0.2) is 0 Å². The highest BCUT2D eigenvalue weighted by Crippen LogP contribution is 2.37. The molecule has 1 saturated heterocycles. The summed E-state index contributed by atoms with van der Waals surface area (Å²) in [6.07, 6.45) is 6.13. The number of piperidine rings is 1. The predicted molar refractivity (Wildman–Crippen MR) is 79.1 cm³/mol. The van der Waals surface area contributed by atoms with E-state index in [1.165, 1.54) is 19.3 Å². The number of nitrogens with one attached hydrogen (secondary N) is 1. The van der Waals surface area contributed by atoms with E-state index in [1.54, 1.807) is 7.11 Å². The lowest BCUT2D eigenvalue weighted by atomic mass is 9.92. The monoisotopic (exact) mass is 274 g/mol. The van der Waals surface area contributed by atoms with E-state index in [-0.39, 0.29) is 6.03 Å². The fourth-order valence-electron chi connectivity index (χ4n) is 3.60. The molecule has 1 heterocycles. The fraction of sp³-hybridized carbons (Fsp3) is 0.562. The number of carbonyl (C=O) groups excluding carboxylic acids is 1. The van der Waals surface area contributed by atoms with Crippen molar-refractivity contribution in [2.45, 2.75) is 38.1 Å². The van der Waals surface area contributed by atoms with Crippen LogP contribution in [0.15, 0.2) is 24.3 Å². The smallest absolute Gasteiger partial charge is 0.322 e. The summed E-state index contributed by atoms with van der Waals surface area (Å²) in [4.78, 5) is 14.5. The third kappa shape index (κ3) is 2.60. The van der Waals surface area contributed by atoms with Crippen LogP contribution in [0.25, 0.3) is 0 Å². The van der Waals surface area contributed by atoms with Gasteiger partial charge >= 0.3 is 6.03 Å². The zero-order valence-electron chi connectivity index (χ0n) is 12.0. The van der Waals surface area contributed by atoms with Crippen LogP contribution in [0.1, 0.15) is 32.1 Å². The molecule has 0 radical (unpaired) electrons. The molecule has 0 spiro atoms. The Hall–Kier alpha value is -1.71. The first-order valence-electron chi connectivity index (χ1n) is 7.49. The topological polar surface area (TPSA) is 41.6 Å². The van der Waals surface area contributed by atoms with E-state index in [2.05, 4.69) is 5.32 Å². The van der Waals surface area contributed by atoms with Gasteiger partial charge in [0.1, 0.15) is 5.75 Å². The number of hydrogen-bond donors (Lipinski definition) is 1. The van der Waals surface area contributed by atoms with Gasteiger partial charge in [-0.05, 0) is 43.7 Å². The van der Waals surface area contributed by atoms with Crippen LogP contribution in [0, 0.1) is 5.92 Å². The van der Waals surface area contributed by atoms with Crippen molar-refractivity contribution in [2.75, 3.05) is 19.0 Å². The first-order chi connectivity index (χ1) is 9.78. The van der Waals surface area contributed by atoms with E-state index in [4.69, 9.17) is 4.74 Å². The standard InChI is InChI=1S/C16H22N2O2/c1-20-14-8-3-7-13(11-14)17-16(19)18-10-4-6-12-5-2-9-15(12)18/h3,7-8,11-12,15H,2,4-6,9-10H2,1H3,(H,17,19). The number of carbonyl (C=O) groups is 1. The van der Waals surface area contributed by atoms with Gasteiger partial charge in [-0.1, -0.05) is 12.5 Å². The molecule has 0 bridgehead atoms. The molecule has 2 amide bonds. The Morgan fingerprint density at radius 3 is 3.00 bits per heavy atom. The van der Waals surface area contributed by atoms with Gasteiger partial charge in [-0.25, -0.2) is 4.79 Å². The van der Waals surface area contributed by atoms with Crippen molar-refractivity contribution < 1.29 is 9.53 Å². The minimum Gasteiger partial charge on any atom is -0.497 e. The number of ether oxygens (including phenoxy) is 1. The lowest BCUT2D eigenvalue weighted by Gasteiger charge is -2.37. The predicted octanol–water partition coefficient (Wildman–Crippen LogP) is 3.49. The molecule has 1 aromatic carbocycles. The number of hydrogen-bond acceptors (Lipinski definition) is 2. The molecule has 1 N–H and O–H groups in total. The lowest BCUT2D eigenvalue weighted by molar-refractivity contribution is 0.138. The summed E-state index contributed by atoms with van der Waals surface area (Å²) in [5.41, 5.74) is 0.800. The van der Waals surface area contributed by atoms with Gasteiger partial charge in [-0.3, -0.25) is 0 Å². The molecule has 0 aromatic heterocycles. The van der Waals surface area contributed by atoms with Gasteiger partial charge < -0.3 is 15.0 Å². The molecule has 1 aliphatic heterocycles. The van der Waals surface area contributed by atoms with Crippen LogP contribution in [0.4, 0.5) is 10.5 Å². The van der Waals surface area contributed by atoms with Crippen molar-refractivity contribution in [2.24, 2.45) is 5.92 Å². The van der Waals surface area contributed by atoms with E-state index < -0.39 is 0 Å². The fourth-order valence-corrected chi connectivity index (χ4v) is 3.60. The number of fused-ring (bicyclic) bond motifs is 1. The van der Waals surface area contributed by atoms with Crippen molar-refractivity contribution in [1.82, 2.24) is 4.90 Å². The average Bonchev–Trinajstić information content (AvgIpc) is 2.95. The second-order valence-corrected chi connectivity index (χ2v) is 5.76. The maximum absolute atomic E-state index is 12.5. The minimum absolute atomic E-state index is 0.0369. The molecule has 20 heavy (non-hydrogen) atoms. The molecule has 2 aliphatic rings. The van der Waals surface area contributed by atoms with E-state index in [0.29, 0.717) is 6.04 Å². The van der Waals surface area contributed by atoms with E-state index in [0.717, 1.165) is 36.7 Å². The Morgan fingerprint density at radius 2 is 2.15 bits per heavy atom. The molecule has 3 rings (SSSR count). The highest BCUT2D eigenvalue weighted by atomic mass is 16.5. The Bertz CT molecular complexity index is 489. The van der Waals surface area contributed by atoms with Crippen molar-refractivity contribution in [3.05, 3.63) is 24.3 Å². The average molecular weight is 274 g/mol. The summed E-state index contributed by atoms with van der Waals surface area (Å²) in [6.45, 7) is 0.886. The number of likely N-dealkylation sites (tertiary alicyclic amines) is 1. The van der Waals surface area contributed by atoms with Crippen LogP contribution >= 0.6 is 0 Å². The van der Waals surface area contributed by atoms with Crippen LogP contribution in [0.3, 0.4) is 0 Å².